The van der Waals surface area contributed by atoms with Gasteiger partial charge in [0, 0.05) is 5.38 Å². The molecule has 0 saturated carbocycles. The van der Waals surface area contributed by atoms with Crippen molar-refractivity contribution in [2.75, 3.05) is 0 Å². The van der Waals surface area contributed by atoms with E-state index in [1.807, 2.05) is 5.51 Å². The first kappa shape index (κ1) is 18.8. The Morgan fingerprint density at radius 2 is 1.08 bits per heavy atom. The maximum atomic E-state index is 4.62. The zero-order chi connectivity index (χ0) is 17.0. The molecule has 0 aliphatic heterocycles. The summed E-state index contributed by atoms with van der Waals surface area (Å²) in [5.41, 5.74) is 3.11. The molecule has 0 amide bonds. The summed E-state index contributed by atoms with van der Waals surface area (Å²) in [6, 6.07) is 32.8. The zero-order valence-electron chi connectivity index (χ0n) is 14.2. The smallest absolute Gasteiger partial charge is 0.118 e. The van der Waals surface area contributed by atoms with E-state index in [0.717, 1.165) is 6.16 Å². The van der Waals surface area contributed by atoms with Crippen molar-refractivity contribution >= 4 is 34.5 Å². The van der Waals surface area contributed by atoms with Crippen molar-refractivity contribution in [2.45, 2.75) is 6.16 Å². The lowest BCUT2D eigenvalue weighted by Gasteiger charge is -2.27. The Morgan fingerprint density at radius 3 is 1.42 bits per heavy atom. The molecule has 0 aliphatic carbocycles. The van der Waals surface area contributed by atoms with E-state index in [-0.39, 0.29) is 12.4 Å². The van der Waals surface area contributed by atoms with Crippen LogP contribution in [0, 0.1) is 0 Å². The topological polar surface area (TPSA) is 12.9 Å². The third-order valence-corrected chi connectivity index (χ3v) is 9.45. The average Bonchev–Trinajstić information content (AvgIpc) is 3.21. The van der Waals surface area contributed by atoms with Crippen LogP contribution in [0.4, 0.5) is 0 Å². The molecule has 3 aromatic carbocycles. The Bertz CT molecular complexity index is 816. The van der Waals surface area contributed by atoms with Crippen LogP contribution in [0.2, 0.25) is 0 Å². The molecule has 0 saturated heterocycles. The summed E-state index contributed by atoms with van der Waals surface area (Å²) >= 11 is 1.67. The summed E-state index contributed by atoms with van der Waals surface area (Å²) in [6.07, 6.45) is 0.953. The number of benzene rings is 3. The maximum Gasteiger partial charge on any atom is 0.118 e. The minimum absolute atomic E-state index is 0. The summed E-state index contributed by atoms with van der Waals surface area (Å²) in [6.45, 7) is 0. The van der Waals surface area contributed by atoms with Crippen LogP contribution in [0.3, 0.4) is 0 Å². The Morgan fingerprint density at radius 1 is 0.654 bits per heavy atom. The molecule has 4 heteroatoms. The number of thiazole rings is 1. The van der Waals surface area contributed by atoms with E-state index in [0.29, 0.717) is 0 Å². The van der Waals surface area contributed by atoms with Crippen LogP contribution in [0.5, 0.6) is 0 Å². The third kappa shape index (κ3) is 3.59. The van der Waals surface area contributed by atoms with E-state index in [4.69, 9.17) is 0 Å². The molecule has 0 unspecified atom stereocenters. The second-order valence-electron chi connectivity index (χ2n) is 5.95. The Balaban J connectivity index is 0.00000196. The molecule has 0 atom stereocenters. The standard InChI is InChI=1S/C22H19NPS.ClH/c1-4-10-20(11-5-1)24(16-19-17-25-18-23-19,21-12-6-2-7-13-21)22-14-8-3-9-15-22;/h1-15,17-18H,16H2;1H/q+1;/p-1. The number of hydrogen-bond acceptors (Lipinski definition) is 2. The number of hydrogen-bond donors (Lipinski definition) is 0. The van der Waals surface area contributed by atoms with Crippen LogP contribution in [0.25, 0.3) is 0 Å². The molecule has 0 spiro atoms. The normalized spacial score (nSPS) is 10.9. The first-order valence-corrected chi connectivity index (χ1v) is 11.2. The number of halogens is 1. The molecule has 0 fully saturated rings. The predicted molar refractivity (Wildman–Crippen MR) is 111 cm³/mol. The van der Waals surface area contributed by atoms with Crippen molar-refractivity contribution in [3.63, 3.8) is 0 Å². The predicted octanol–water partition coefficient (Wildman–Crippen LogP) is 1.64. The van der Waals surface area contributed by atoms with Gasteiger partial charge in [-0.05, 0) is 36.4 Å². The van der Waals surface area contributed by atoms with Gasteiger partial charge in [-0.15, -0.1) is 11.3 Å². The van der Waals surface area contributed by atoms with Gasteiger partial charge in [0.25, 0.3) is 0 Å². The Hall–Kier alpha value is -1.99. The van der Waals surface area contributed by atoms with E-state index in [9.17, 15) is 0 Å². The summed E-state index contributed by atoms with van der Waals surface area (Å²) in [4.78, 5) is 4.62. The lowest BCUT2D eigenvalue weighted by atomic mass is 10.4. The molecular weight excluding hydrogens is 377 g/mol. The largest absolute Gasteiger partial charge is 1.00 e. The van der Waals surface area contributed by atoms with Crippen molar-refractivity contribution in [1.29, 1.82) is 0 Å². The van der Waals surface area contributed by atoms with Gasteiger partial charge in [0.05, 0.1) is 11.2 Å². The lowest BCUT2D eigenvalue weighted by molar-refractivity contribution is -0.00000487. The van der Waals surface area contributed by atoms with Crippen LogP contribution in [-0.2, 0) is 6.16 Å². The highest BCUT2D eigenvalue weighted by molar-refractivity contribution is 7.95. The summed E-state index contributed by atoms with van der Waals surface area (Å²) in [5.74, 6) is 0. The molecular formula is C22H19ClNPS. The summed E-state index contributed by atoms with van der Waals surface area (Å²) in [5, 5.41) is 6.39. The van der Waals surface area contributed by atoms with Gasteiger partial charge in [-0.3, -0.25) is 0 Å². The summed E-state index contributed by atoms with van der Waals surface area (Å²) in [7, 11) is -1.80. The minimum atomic E-state index is -1.80. The van der Waals surface area contributed by atoms with Gasteiger partial charge in [-0.1, -0.05) is 54.6 Å². The van der Waals surface area contributed by atoms with Crippen LogP contribution in [-0.4, -0.2) is 4.98 Å². The average molecular weight is 396 g/mol. The molecule has 26 heavy (non-hydrogen) atoms. The fourth-order valence-corrected chi connectivity index (χ4v) is 8.15. The molecule has 0 bridgehead atoms. The fourth-order valence-electron chi connectivity index (χ4n) is 3.33. The van der Waals surface area contributed by atoms with Gasteiger partial charge in [0.15, 0.2) is 0 Å². The van der Waals surface area contributed by atoms with Gasteiger partial charge in [0.1, 0.15) is 29.3 Å². The lowest BCUT2D eigenvalue weighted by Crippen LogP contribution is -3.00. The minimum Gasteiger partial charge on any atom is -1.00 e. The van der Waals surface area contributed by atoms with Crippen molar-refractivity contribution in [1.82, 2.24) is 4.98 Å². The highest BCUT2D eigenvalue weighted by Gasteiger charge is 2.45. The molecule has 4 aromatic rings. The van der Waals surface area contributed by atoms with E-state index in [1.165, 1.54) is 21.6 Å². The third-order valence-electron chi connectivity index (χ3n) is 4.47. The molecule has 0 N–H and O–H groups in total. The van der Waals surface area contributed by atoms with E-state index in [1.54, 1.807) is 11.3 Å². The van der Waals surface area contributed by atoms with Crippen LogP contribution in [0.15, 0.2) is 102 Å². The molecule has 1 heterocycles. The van der Waals surface area contributed by atoms with Crippen molar-refractivity contribution in [2.24, 2.45) is 0 Å². The van der Waals surface area contributed by atoms with Crippen LogP contribution >= 0.6 is 18.6 Å². The van der Waals surface area contributed by atoms with Gasteiger partial charge in [-0.25, -0.2) is 4.98 Å². The van der Waals surface area contributed by atoms with Gasteiger partial charge in [0.2, 0.25) is 0 Å². The first-order valence-electron chi connectivity index (χ1n) is 8.31. The maximum absolute atomic E-state index is 4.62. The zero-order valence-corrected chi connectivity index (χ0v) is 16.7. The highest BCUT2D eigenvalue weighted by Crippen LogP contribution is 2.57. The molecule has 130 valence electrons. The molecule has 1 nitrogen and oxygen atoms in total. The molecule has 0 radical (unpaired) electrons. The van der Waals surface area contributed by atoms with Gasteiger partial charge >= 0.3 is 0 Å². The molecule has 1 aromatic heterocycles. The Labute approximate surface area is 165 Å². The van der Waals surface area contributed by atoms with Gasteiger partial charge < -0.3 is 12.4 Å². The second kappa shape index (κ2) is 8.60. The van der Waals surface area contributed by atoms with Crippen molar-refractivity contribution in [3.05, 3.63) is 108 Å². The van der Waals surface area contributed by atoms with E-state index >= 15 is 0 Å². The van der Waals surface area contributed by atoms with Crippen LogP contribution in [0.1, 0.15) is 5.69 Å². The Kier molecular flexibility index (Phi) is 6.21. The molecule has 0 aliphatic rings. The number of nitrogens with zero attached hydrogens (tertiary/aromatic N) is 1. The number of aromatic nitrogens is 1. The second-order valence-corrected chi connectivity index (χ2v) is 10.2. The first-order chi connectivity index (χ1) is 12.4. The molecule has 4 rings (SSSR count). The summed E-state index contributed by atoms with van der Waals surface area (Å²) < 4.78 is 0. The SMILES string of the molecule is [Cl-].c1ccc([P+](Cc2cscn2)(c2ccccc2)c2ccccc2)cc1. The van der Waals surface area contributed by atoms with E-state index in [2.05, 4.69) is 101 Å². The van der Waals surface area contributed by atoms with Crippen LogP contribution < -0.4 is 28.3 Å². The van der Waals surface area contributed by atoms with Crippen molar-refractivity contribution < 1.29 is 12.4 Å². The number of rotatable bonds is 5. The quantitative estimate of drug-likeness (QED) is 0.468. The van der Waals surface area contributed by atoms with Gasteiger partial charge in [-0.2, -0.15) is 0 Å². The fraction of sp³-hybridized carbons (Fsp3) is 0.0455. The monoisotopic (exact) mass is 395 g/mol. The van der Waals surface area contributed by atoms with E-state index < -0.39 is 7.26 Å². The highest BCUT2D eigenvalue weighted by atomic mass is 35.5. The van der Waals surface area contributed by atoms with Crippen molar-refractivity contribution in [3.8, 4) is 0 Å².